The van der Waals surface area contributed by atoms with Gasteiger partial charge in [-0.15, -0.1) is 0 Å². The highest BCUT2D eigenvalue weighted by molar-refractivity contribution is 6.20. The highest BCUT2D eigenvalue weighted by Gasteiger charge is 2.63. The van der Waals surface area contributed by atoms with E-state index >= 15 is 0 Å². The van der Waals surface area contributed by atoms with Crippen LogP contribution in [-0.4, -0.2) is 75.2 Å². The minimum Gasteiger partial charge on any atom is -0.494 e. The first-order valence-electron chi connectivity index (χ1n) is 13.6. The number of hydrogen-bond donors (Lipinski definition) is 2. The quantitative estimate of drug-likeness (QED) is 0.413. The number of rotatable bonds is 6. The fourth-order valence-electron chi connectivity index (χ4n) is 6.28. The van der Waals surface area contributed by atoms with Crippen LogP contribution in [0.2, 0.25) is 0 Å². The molecule has 0 radical (unpaired) electrons. The zero-order chi connectivity index (χ0) is 28.9. The molecule has 1 atom stereocenters. The van der Waals surface area contributed by atoms with E-state index in [-0.39, 0.29) is 24.6 Å². The second-order valence-electron chi connectivity index (χ2n) is 11.3. The number of aromatic hydroxyl groups is 1. The van der Waals surface area contributed by atoms with Crippen molar-refractivity contribution in [3.05, 3.63) is 50.2 Å². The van der Waals surface area contributed by atoms with Gasteiger partial charge in [0.2, 0.25) is 17.7 Å². The number of imide groups is 2. The summed E-state index contributed by atoms with van der Waals surface area (Å²) in [6, 6.07) is 4.38. The molecule has 0 saturated carbocycles. The minimum absolute atomic E-state index is 0.110. The number of carbonyl (C=O) groups is 3. The summed E-state index contributed by atoms with van der Waals surface area (Å²) in [4.78, 5) is 75.2. The van der Waals surface area contributed by atoms with Crippen molar-refractivity contribution >= 4 is 35.4 Å². The van der Waals surface area contributed by atoms with Gasteiger partial charge in [0.1, 0.15) is 5.56 Å². The van der Waals surface area contributed by atoms with Crippen LogP contribution in [0.25, 0.3) is 0 Å². The lowest BCUT2D eigenvalue weighted by atomic mass is 9.68. The SMILES string of the molecule is CC(C)CCCn1c(O)c(C=Nc2ccc3c(c2)CC2(C(=O)N(C)C(=O)N(C)C2=O)C2CCCN32)c(=O)[nH]c1=O. The van der Waals surface area contributed by atoms with Crippen molar-refractivity contribution in [2.24, 2.45) is 16.3 Å². The van der Waals surface area contributed by atoms with E-state index < -0.39 is 40.4 Å². The normalized spacial score (nSPS) is 20.3. The first kappa shape index (κ1) is 27.4. The molecule has 3 aliphatic rings. The maximum absolute atomic E-state index is 13.6. The minimum atomic E-state index is -1.43. The van der Waals surface area contributed by atoms with E-state index in [1.54, 1.807) is 12.1 Å². The summed E-state index contributed by atoms with van der Waals surface area (Å²) in [5, 5.41) is 10.7. The predicted molar refractivity (Wildman–Crippen MR) is 148 cm³/mol. The third-order valence-electron chi connectivity index (χ3n) is 8.32. The van der Waals surface area contributed by atoms with Gasteiger partial charge in [0, 0.05) is 39.1 Å². The average molecular weight is 551 g/mol. The molecule has 2 N–H and O–H groups in total. The van der Waals surface area contributed by atoms with Gasteiger partial charge in [-0.2, -0.15) is 0 Å². The van der Waals surface area contributed by atoms with Crippen molar-refractivity contribution in [3.63, 3.8) is 0 Å². The third-order valence-corrected chi connectivity index (χ3v) is 8.32. The van der Waals surface area contributed by atoms with Gasteiger partial charge in [0.15, 0.2) is 5.41 Å². The molecule has 4 heterocycles. The lowest BCUT2D eigenvalue weighted by Crippen LogP contribution is -2.70. The van der Waals surface area contributed by atoms with Crippen LogP contribution in [0, 0.1) is 11.3 Å². The Morgan fingerprint density at radius 2 is 1.82 bits per heavy atom. The standard InChI is InChI=1S/C28H34N6O6/c1-16(2)7-5-12-34-23(36)19(22(35)30-26(34)39)15-29-18-9-10-20-17(13-18)14-28(21-8-6-11-33(20)21)24(37)31(3)27(40)32(4)25(28)38/h9-10,13,15-16,21,36H,5-8,11-12,14H2,1-4H3,(H,30,35,39). The lowest BCUT2D eigenvalue weighted by molar-refractivity contribution is -0.159. The monoisotopic (exact) mass is 550 g/mol. The van der Waals surface area contributed by atoms with Crippen molar-refractivity contribution < 1.29 is 19.5 Å². The summed E-state index contributed by atoms with van der Waals surface area (Å²) in [6.45, 7) is 5.05. The van der Waals surface area contributed by atoms with Gasteiger partial charge >= 0.3 is 11.7 Å². The predicted octanol–water partition coefficient (Wildman–Crippen LogP) is 1.99. The van der Waals surface area contributed by atoms with Gasteiger partial charge in [0.25, 0.3) is 5.56 Å². The Morgan fingerprint density at radius 3 is 2.50 bits per heavy atom. The summed E-state index contributed by atoms with van der Waals surface area (Å²) >= 11 is 0. The van der Waals surface area contributed by atoms with E-state index in [2.05, 4.69) is 28.7 Å². The molecular formula is C28H34N6O6. The molecule has 1 aromatic heterocycles. The zero-order valence-electron chi connectivity index (χ0n) is 23.1. The molecule has 212 valence electrons. The Kier molecular flexibility index (Phi) is 6.89. The Hall–Kier alpha value is -4.22. The Balaban J connectivity index is 1.50. The zero-order valence-corrected chi connectivity index (χ0v) is 23.1. The van der Waals surface area contributed by atoms with Crippen LogP contribution in [0.15, 0.2) is 32.8 Å². The smallest absolute Gasteiger partial charge is 0.332 e. The Bertz CT molecular complexity index is 1510. The topological polar surface area (TPSA) is 148 Å². The molecule has 1 unspecified atom stereocenters. The van der Waals surface area contributed by atoms with E-state index in [0.717, 1.165) is 38.5 Å². The number of anilines is 1. The first-order valence-corrected chi connectivity index (χ1v) is 13.6. The van der Waals surface area contributed by atoms with Gasteiger partial charge in [-0.1, -0.05) is 13.8 Å². The van der Waals surface area contributed by atoms with Crippen LogP contribution in [0.1, 0.15) is 50.7 Å². The summed E-state index contributed by atoms with van der Waals surface area (Å²) in [6.07, 6.45) is 4.30. The number of carbonyl (C=O) groups excluding carboxylic acids is 3. The number of aliphatic imine (C=N–C) groups is 1. The molecule has 1 spiro atoms. The van der Waals surface area contributed by atoms with E-state index in [0.29, 0.717) is 31.0 Å². The average Bonchev–Trinajstić information content (AvgIpc) is 3.42. The van der Waals surface area contributed by atoms with Gasteiger partial charge in [0.05, 0.1) is 11.7 Å². The summed E-state index contributed by atoms with van der Waals surface area (Å²) in [7, 11) is 2.80. The third kappa shape index (κ3) is 4.22. The van der Waals surface area contributed by atoms with Crippen molar-refractivity contribution in [1.82, 2.24) is 19.4 Å². The van der Waals surface area contributed by atoms with Crippen LogP contribution >= 0.6 is 0 Å². The van der Waals surface area contributed by atoms with Crippen LogP contribution in [0.5, 0.6) is 5.88 Å². The molecule has 40 heavy (non-hydrogen) atoms. The van der Waals surface area contributed by atoms with Gasteiger partial charge in [-0.3, -0.25) is 38.7 Å². The summed E-state index contributed by atoms with van der Waals surface area (Å²) < 4.78 is 1.13. The van der Waals surface area contributed by atoms with Gasteiger partial charge in [-0.05, 0) is 61.8 Å². The number of fused-ring (bicyclic) bond motifs is 4. The Labute approximate surface area is 230 Å². The number of nitrogens with one attached hydrogen (secondary N) is 1. The molecule has 2 saturated heterocycles. The lowest BCUT2D eigenvalue weighted by Gasteiger charge is -2.50. The molecule has 5 rings (SSSR count). The van der Waals surface area contributed by atoms with E-state index in [1.165, 1.54) is 20.3 Å². The molecule has 0 bridgehead atoms. The first-order chi connectivity index (χ1) is 19.0. The molecular weight excluding hydrogens is 516 g/mol. The molecule has 12 heteroatoms. The number of benzene rings is 1. The molecule has 2 aromatic rings. The molecule has 2 fully saturated rings. The Morgan fingerprint density at radius 1 is 1.12 bits per heavy atom. The molecule has 1 aromatic carbocycles. The van der Waals surface area contributed by atoms with Crippen molar-refractivity contribution in [2.75, 3.05) is 25.5 Å². The number of H-pyrrole nitrogens is 1. The second-order valence-corrected chi connectivity index (χ2v) is 11.3. The van der Waals surface area contributed by atoms with Crippen LogP contribution in [0.3, 0.4) is 0 Å². The number of nitrogens with zero attached hydrogens (tertiary/aromatic N) is 5. The van der Waals surface area contributed by atoms with Crippen molar-refractivity contribution in [1.29, 1.82) is 0 Å². The van der Waals surface area contributed by atoms with E-state index in [9.17, 15) is 29.1 Å². The summed E-state index contributed by atoms with van der Waals surface area (Å²) in [5.74, 6) is -1.03. The molecule has 3 aliphatic heterocycles. The van der Waals surface area contributed by atoms with Crippen molar-refractivity contribution in [3.8, 4) is 5.88 Å². The second kappa shape index (κ2) is 10.1. The highest BCUT2D eigenvalue weighted by atomic mass is 16.3. The molecule has 4 amide bonds. The molecule has 0 aliphatic carbocycles. The largest absolute Gasteiger partial charge is 0.494 e. The van der Waals surface area contributed by atoms with Crippen LogP contribution in [0.4, 0.5) is 16.2 Å². The number of urea groups is 1. The maximum atomic E-state index is 13.6. The van der Waals surface area contributed by atoms with Gasteiger partial charge in [-0.25, -0.2) is 9.59 Å². The van der Waals surface area contributed by atoms with Crippen LogP contribution < -0.4 is 16.1 Å². The fourth-order valence-corrected chi connectivity index (χ4v) is 6.28. The molecule has 12 nitrogen and oxygen atoms in total. The summed E-state index contributed by atoms with van der Waals surface area (Å²) in [5.41, 5.74) is -0.940. The number of aromatic amines is 1. The number of hydrogen-bond acceptors (Lipinski definition) is 8. The van der Waals surface area contributed by atoms with E-state index in [1.807, 2.05) is 6.07 Å². The number of barbiturate groups is 1. The number of amides is 4. The highest BCUT2D eigenvalue weighted by Crippen LogP contribution is 2.49. The van der Waals surface area contributed by atoms with Crippen LogP contribution in [-0.2, 0) is 22.6 Å². The fraction of sp³-hybridized carbons (Fsp3) is 0.500. The van der Waals surface area contributed by atoms with Gasteiger partial charge < -0.3 is 10.0 Å². The van der Waals surface area contributed by atoms with E-state index in [4.69, 9.17) is 0 Å². The number of aromatic nitrogens is 2. The van der Waals surface area contributed by atoms with Crippen molar-refractivity contribution in [2.45, 2.75) is 58.5 Å². The maximum Gasteiger partial charge on any atom is 0.332 e.